The monoisotopic (exact) mass is 429 g/mol. The van der Waals surface area contributed by atoms with E-state index in [0.29, 0.717) is 16.3 Å². The molecule has 0 aromatic carbocycles. The highest BCUT2D eigenvalue weighted by atomic mass is 35.5. The second-order valence-corrected chi connectivity index (χ2v) is 9.43. The van der Waals surface area contributed by atoms with Gasteiger partial charge in [0.1, 0.15) is 5.02 Å². The lowest BCUT2D eigenvalue weighted by atomic mass is 9.77. The minimum atomic E-state index is 0.426. The van der Waals surface area contributed by atoms with Crippen molar-refractivity contribution in [2.45, 2.75) is 48.3 Å². The van der Waals surface area contributed by atoms with E-state index in [1.165, 1.54) is 50.3 Å². The van der Waals surface area contributed by atoms with Crippen molar-refractivity contribution in [1.29, 1.82) is 0 Å². The van der Waals surface area contributed by atoms with Gasteiger partial charge in [-0.3, -0.25) is 4.40 Å². The topological polar surface area (TPSA) is 55.6 Å². The number of halogens is 1. The summed E-state index contributed by atoms with van der Waals surface area (Å²) in [5, 5.41) is 0.506. The van der Waals surface area contributed by atoms with Gasteiger partial charge in [-0.2, -0.15) is 0 Å². The van der Waals surface area contributed by atoms with Gasteiger partial charge < -0.3 is 9.64 Å². The van der Waals surface area contributed by atoms with Gasteiger partial charge in [-0.1, -0.05) is 36.2 Å². The molecule has 1 aliphatic carbocycles. The molecule has 0 atom stereocenters. The molecule has 1 saturated heterocycles. The lowest BCUT2D eigenvalue weighted by Crippen LogP contribution is -2.40. The van der Waals surface area contributed by atoms with E-state index in [9.17, 15) is 0 Å². The van der Waals surface area contributed by atoms with E-state index in [1.807, 2.05) is 24.7 Å². The lowest BCUT2D eigenvalue weighted by Gasteiger charge is -2.39. The van der Waals surface area contributed by atoms with Crippen LogP contribution in [0.4, 0.5) is 5.95 Å². The van der Waals surface area contributed by atoms with Crippen LogP contribution in [-0.2, 0) is 0 Å². The number of hydrogen-bond donors (Lipinski definition) is 0. The molecule has 3 aromatic rings. The van der Waals surface area contributed by atoms with Gasteiger partial charge in [0.2, 0.25) is 11.8 Å². The molecular formula is C21H24ClN5OS. The van der Waals surface area contributed by atoms with Crippen molar-refractivity contribution < 1.29 is 4.74 Å². The van der Waals surface area contributed by atoms with Crippen LogP contribution in [0.2, 0.25) is 5.02 Å². The maximum Gasteiger partial charge on any atom is 0.233 e. The number of pyridine rings is 1. The van der Waals surface area contributed by atoms with Gasteiger partial charge in [0.25, 0.3) is 0 Å². The van der Waals surface area contributed by atoms with Crippen LogP contribution in [-0.4, -0.2) is 39.6 Å². The first-order valence-electron chi connectivity index (χ1n) is 10.1. The van der Waals surface area contributed by atoms with E-state index in [2.05, 4.69) is 19.3 Å². The summed E-state index contributed by atoms with van der Waals surface area (Å²) in [7, 11) is 1.57. The number of imidazole rings is 1. The van der Waals surface area contributed by atoms with E-state index >= 15 is 0 Å². The molecule has 6 nitrogen and oxygen atoms in total. The van der Waals surface area contributed by atoms with E-state index in [0.717, 1.165) is 34.5 Å². The van der Waals surface area contributed by atoms with Crippen molar-refractivity contribution in [3.05, 3.63) is 35.9 Å². The van der Waals surface area contributed by atoms with Crippen molar-refractivity contribution in [3.8, 4) is 5.88 Å². The molecule has 1 aliphatic heterocycles. The van der Waals surface area contributed by atoms with E-state index in [-0.39, 0.29) is 0 Å². The summed E-state index contributed by atoms with van der Waals surface area (Å²) in [6.07, 6.45) is 15.6. The highest BCUT2D eigenvalue weighted by Crippen LogP contribution is 2.46. The molecule has 0 N–H and O–H groups in total. The fraction of sp³-hybridized carbons (Fsp3) is 0.476. The summed E-state index contributed by atoms with van der Waals surface area (Å²) in [4.78, 5) is 17.8. The number of methoxy groups -OCH3 is 1. The van der Waals surface area contributed by atoms with Crippen LogP contribution < -0.4 is 9.64 Å². The minimum absolute atomic E-state index is 0.426. The standard InChI is InChI=1S/C21H24ClN5OS/c1-28-19-17(22)15(4-9-24-19)29-16-14-25-20(27-13-10-23-18(16)27)26-11-7-21(8-12-26)5-2-3-6-21/h4,9-10,13-14H,2-3,5-8,11-12H2,1H3. The van der Waals surface area contributed by atoms with Crippen LogP contribution in [0, 0.1) is 5.41 Å². The van der Waals surface area contributed by atoms with E-state index in [1.54, 1.807) is 13.3 Å². The van der Waals surface area contributed by atoms with Crippen molar-refractivity contribution in [3.63, 3.8) is 0 Å². The third-order valence-electron chi connectivity index (χ3n) is 6.38. The van der Waals surface area contributed by atoms with Crippen LogP contribution in [0.1, 0.15) is 38.5 Å². The summed E-state index contributed by atoms with van der Waals surface area (Å²) in [5.41, 5.74) is 1.49. The second-order valence-electron chi connectivity index (χ2n) is 7.97. The molecule has 2 aliphatic rings. The molecule has 4 heterocycles. The largest absolute Gasteiger partial charge is 0.480 e. The first-order chi connectivity index (χ1) is 14.2. The van der Waals surface area contributed by atoms with Crippen LogP contribution in [0.3, 0.4) is 0 Å². The molecule has 2 fully saturated rings. The average Bonchev–Trinajstić information content (AvgIpc) is 3.41. The van der Waals surface area contributed by atoms with Crippen LogP contribution in [0.5, 0.6) is 5.88 Å². The molecule has 5 rings (SSSR count). The SMILES string of the molecule is COc1nccc(Sc2cnc(N3CCC4(CCCC4)CC3)n3ccnc23)c1Cl. The maximum absolute atomic E-state index is 6.43. The molecule has 0 radical (unpaired) electrons. The third-order valence-corrected chi connectivity index (χ3v) is 7.93. The normalized spacial score (nSPS) is 18.6. The summed E-state index contributed by atoms with van der Waals surface area (Å²) in [6, 6.07) is 1.88. The molecular weight excluding hydrogens is 406 g/mol. The number of piperidine rings is 1. The summed E-state index contributed by atoms with van der Waals surface area (Å²) >= 11 is 7.96. The molecule has 3 aromatic heterocycles. The van der Waals surface area contributed by atoms with Crippen molar-refractivity contribution >= 4 is 35.0 Å². The first-order valence-corrected chi connectivity index (χ1v) is 11.3. The molecule has 1 saturated carbocycles. The Balaban J connectivity index is 1.42. The second kappa shape index (κ2) is 7.69. The Morgan fingerprint density at radius 3 is 2.59 bits per heavy atom. The number of nitrogens with zero attached hydrogens (tertiary/aromatic N) is 5. The Labute approximate surface area is 179 Å². The number of fused-ring (bicyclic) bond motifs is 1. The molecule has 0 bridgehead atoms. The number of hydrogen-bond acceptors (Lipinski definition) is 6. The average molecular weight is 430 g/mol. The number of rotatable bonds is 4. The smallest absolute Gasteiger partial charge is 0.233 e. The molecule has 1 spiro atoms. The quantitative estimate of drug-likeness (QED) is 0.575. The zero-order valence-corrected chi connectivity index (χ0v) is 18.0. The summed E-state index contributed by atoms with van der Waals surface area (Å²) in [6.45, 7) is 2.14. The van der Waals surface area contributed by atoms with Gasteiger partial charge in [-0.25, -0.2) is 15.0 Å². The predicted molar refractivity (Wildman–Crippen MR) is 115 cm³/mol. The zero-order valence-electron chi connectivity index (χ0n) is 16.5. The van der Waals surface area contributed by atoms with E-state index < -0.39 is 0 Å². The molecule has 0 amide bonds. The Kier molecular flexibility index (Phi) is 5.04. The van der Waals surface area contributed by atoms with E-state index in [4.69, 9.17) is 21.3 Å². The molecule has 0 unspecified atom stereocenters. The maximum atomic E-state index is 6.43. The van der Waals surface area contributed by atoms with Crippen LogP contribution >= 0.6 is 23.4 Å². The highest BCUT2D eigenvalue weighted by molar-refractivity contribution is 7.99. The Morgan fingerprint density at radius 1 is 1.03 bits per heavy atom. The van der Waals surface area contributed by atoms with Crippen molar-refractivity contribution in [2.75, 3.05) is 25.1 Å². The fourth-order valence-electron chi connectivity index (χ4n) is 4.74. The Morgan fingerprint density at radius 2 is 1.83 bits per heavy atom. The zero-order chi connectivity index (χ0) is 19.8. The molecule has 8 heteroatoms. The van der Waals surface area contributed by atoms with Gasteiger partial charge in [0.15, 0.2) is 5.65 Å². The number of anilines is 1. The highest BCUT2D eigenvalue weighted by Gasteiger charge is 2.37. The molecule has 29 heavy (non-hydrogen) atoms. The van der Waals surface area contributed by atoms with Gasteiger partial charge >= 0.3 is 0 Å². The van der Waals surface area contributed by atoms with Crippen LogP contribution in [0.15, 0.2) is 40.6 Å². The lowest BCUT2D eigenvalue weighted by molar-refractivity contribution is 0.225. The number of aromatic nitrogens is 4. The van der Waals surface area contributed by atoms with Gasteiger partial charge in [-0.15, -0.1) is 0 Å². The van der Waals surface area contributed by atoms with Gasteiger partial charge in [-0.05, 0) is 37.2 Å². The number of ether oxygens (including phenoxy) is 1. The Hall–Kier alpha value is -1.99. The van der Waals surface area contributed by atoms with Gasteiger partial charge in [0.05, 0.1) is 12.0 Å². The van der Waals surface area contributed by atoms with Crippen LogP contribution in [0.25, 0.3) is 5.65 Å². The van der Waals surface area contributed by atoms with Crippen molar-refractivity contribution in [2.24, 2.45) is 5.41 Å². The summed E-state index contributed by atoms with van der Waals surface area (Å²) in [5.74, 6) is 1.41. The first kappa shape index (κ1) is 19.0. The molecule has 152 valence electrons. The fourth-order valence-corrected chi connectivity index (χ4v) is 5.94. The Bertz CT molecular complexity index is 1020. The summed E-state index contributed by atoms with van der Waals surface area (Å²) < 4.78 is 7.33. The third kappa shape index (κ3) is 3.44. The predicted octanol–water partition coefficient (Wildman–Crippen LogP) is 5.10. The van der Waals surface area contributed by atoms with Crippen molar-refractivity contribution in [1.82, 2.24) is 19.4 Å². The minimum Gasteiger partial charge on any atom is -0.480 e. The van der Waals surface area contributed by atoms with Gasteiger partial charge in [0, 0.05) is 42.8 Å².